The summed E-state index contributed by atoms with van der Waals surface area (Å²) in [6.45, 7) is 1.86. The van der Waals surface area contributed by atoms with Crippen molar-refractivity contribution in [3.8, 4) is 5.75 Å². The molecule has 1 atom stereocenters. The van der Waals surface area contributed by atoms with Crippen molar-refractivity contribution in [1.82, 2.24) is 15.3 Å². The van der Waals surface area contributed by atoms with E-state index in [-0.39, 0.29) is 24.2 Å². The molecule has 126 valence electrons. The third-order valence-electron chi connectivity index (χ3n) is 4.23. The van der Waals surface area contributed by atoms with Crippen LogP contribution in [-0.4, -0.2) is 23.0 Å². The lowest BCUT2D eigenvalue weighted by Gasteiger charge is -2.25. The summed E-state index contributed by atoms with van der Waals surface area (Å²) in [7, 11) is 1.51. The van der Waals surface area contributed by atoms with Gasteiger partial charge in [-0.05, 0) is 44.4 Å². The Kier molecular flexibility index (Phi) is 4.74. The first-order valence-electron chi connectivity index (χ1n) is 8.01. The number of rotatable bonds is 4. The molecule has 0 saturated carbocycles. The Morgan fingerprint density at radius 3 is 3.08 bits per heavy atom. The van der Waals surface area contributed by atoms with E-state index >= 15 is 0 Å². The Morgan fingerprint density at radius 1 is 1.46 bits per heavy atom. The van der Waals surface area contributed by atoms with Crippen molar-refractivity contribution in [2.75, 3.05) is 7.11 Å². The van der Waals surface area contributed by atoms with Crippen molar-refractivity contribution in [3.05, 3.63) is 52.9 Å². The van der Waals surface area contributed by atoms with E-state index in [2.05, 4.69) is 15.3 Å². The maximum atomic E-state index is 13.4. The molecular weight excluding hydrogens is 309 g/mol. The zero-order valence-electron chi connectivity index (χ0n) is 13.8. The molecule has 0 spiro atoms. The number of halogens is 1. The van der Waals surface area contributed by atoms with E-state index in [1.165, 1.54) is 25.3 Å². The molecule has 24 heavy (non-hydrogen) atoms. The average molecular weight is 329 g/mol. The lowest BCUT2D eigenvalue weighted by molar-refractivity contribution is -0.121. The molecule has 0 saturated heterocycles. The highest BCUT2D eigenvalue weighted by molar-refractivity contribution is 5.79. The van der Waals surface area contributed by atoms with Crippen LogP contribution >= 0.6 is 0 Å². The van der Waals surface area contributed by atoms with E-state index < -0.39 is 0 Å². The van der Waals surface area contributed by atoms with Gasteiger partial charge in [0.1, 0.15) is 17.4 Å². The summed E-state index contributed by atoms with van der Waals surface area (Å²) < 4.78 is 18.6. The maximum absolute atomic E-state index is 13.4. The molecule has 0 fully saturated rings. The van der Waals surface area contributed by atoms with E-state index in [1.807, 2.05) is 6.92 Å². The number of hydrogen-bond donors (Lipinski definition) is 1. The number of carbonyl (C=O) groups excluding carboxylic acids is 1. The van der Waals surface area contributed by atoms with Gasteiger partial charge < -0.3 is 10.1 Å². The molecule has 1 aromatic heterocycles. The second-order valence-corrected chi connectivity index (χ2v) is 5.96. The molecule has 6 heteroatoms. The number of benzene rings is 1. The highest BCUT2D eigenvalue weighted by atomic mass is 19.1. The van der Waals surface area contributed by atoms with E-state index in [9.17, 15) is 9.18 Å². The number of nitrogens with zero attached hydrogens (tertiary/aromatic N) is 2. The van der Waals surface area contributed by atoms with Gasteiger partial charge in [0.05, 0.1) is 19.6 Å². The van der Waals surface area contributed by atoms with Gasteiger partial charge in [0, 0.05) is 23.0 Å². The summed E-state index contributed by atoms with van der Waals surface area (Å²) >= 11 is 0. The third kappa shape index (κ3) is 3.53. The molecule has 0 bridgehead atoms. The lowest BCUT2D eigenvalue weighted by Crippen LogP contribution is -2.32. The maximum Gasteiger partial charge on any atom is 0.225 e. The van der Waals surface area contributed by atoms with Crippen molar-refractivity contribution in [1.29, 1.82) is 0 Å². The minimum atomic E-state index is -0.384. The predicted molar refractivity (Wildman–Crippen MR) is 87.2 cm³/mol. The minimum absolute atomic E-state index is 0.0689. The fourth-order valence-electron chi connectivity index (χ4n) is 3.10. The summed E-state index contributed by atoms with van der Waals surface area (Å²) in [5.41, 5.74) is 2.51. The lowest BCUT2D eigenvalue weighted by atomic mass is 9.92. The van der Waals surface area contributed by atoms with Gasteiger partial charge in [-0.25, -0.2) is 14.4 Å². The van der Waals surface area contributed by atoms with Gasteiger partial charge in [-0.2, -0.15) is 0 Å². The zero-order valence-corrected chi connectivity index (χ0v) is 13.8. The zero-order chi connectivity index (χ0) is 17.1. The Bertz CT molecular complexity index is 764. The Hall–Kier alpha value is -2.50. The minimum Gasteiger partial charge on any atom is -0.496 e. The average Bonchev–Trinajstić information content (AvgIpc) is 2.55. The molecule has 1 aliphatic rings. The number of carbonyl (C=O) groups is 1. The Morgan fingerprint density at radius 2 is 2.29 bits per heavy atom. The number of aromatic nitrogens is 2. The SMILES string of the molecule is COc1ccc(F)cc1CC(=O)NC1CCCc2nc(C)ncc21. The number of aryl methyl sites for hydroxylation is 2. The predicted octanol–water partition coefficient (Wildman–Crippen LogP) is 2.67. The first kappa shape index (κ1) is 16.4. The topological polar surface area (TPSA) is 64.1 Å². The van der Waals surface area contributed by atoms with E-state index in [4.69, 9.17) is 4.74 Å². The van der Waals surface area contributed by atoms with Crippen LogP contribution in [0, 0.1) is 12.7 Å². The van der Waals surface area contributed by atoms with Gasteiger partial charge in [-0.15, -0.1) is 0 Å². The number of fused-ring (bicyclic) bond motifs is 1. The second-order valence-electron chi connectivity index (χ2n) is 5.96. The van der Waals surface area contributed by atoms with Crippen LogP contribution in [0.3, 0.4) is 0 Å². The van der Waals surface area contributed by atoms with E-state index in [0.29, 0.717) is 11.3 Å². The fourth-order valence-corrected chi connectivity index (χ4v) is 3.10. The standard InChI is InChI=1S/C18H20FN3O2/c1-11-20-10-14-15(21-11)4-3-5-16(14)22-18(23)9-12-8-13(19)6-7-17(12)24-2/h6-8,10,16H,3-5,9H2,1-2H3,(H,22,23). The third-order valence-corrected chi connectivity index (χ3v) is 4.23. The Balaban J connectivity index is 1.74. The van der Waals surface area contributed by atoms with Crippen LogP contribution in [0.5, 0.6) is 5.75 Å². The Labute approximate surface area is 140 Å². The summed E-state index contributed by atoms with van der Waals surface area (Å²) in [6, 6.07) is 4.09. The van der Waals surface area contributed by atoms with Crippen molar-refractivity contribution in [2.45, 2.75) is 38.6 Å². The molecule has 1 heterocycles. The monoisotopic (exact) mass is 329 g/mol. The number of ether oxygens (including phenoxy) is 1. The van der Waals surface area contributed by atoms with Gasteiger partial charge in [-0.1, -0.05) is 0 Å². The van der Waals surface area contributed by atoms with Gasteiger partial charge in [0.15, 0.2) is 0 Å². The van der Waals surface area contributed by atoms with Crippen molar-refractivity contribution in [3.63, 3.8) is 0 Å². The molecule has 1 N–H and O–H groups in total. The normalized spacial score (nSPS) is 16.4. The van der Waals surface area contributed by atoms with E-state index in [0.717, 1.165) is 36.3 Å². The number of hydrogen-bond acceptors (Lipinski definition) is 4. The summed E-state index contributed by atoms with van der Waals surface area (Å²) in [5.74, 6) is 0.697. The van der Waals surface area contributed by atoms with Gasteiger partial charge in [0.2, 0.25) is 5.91 Å². The molecule has 2 aromatic rings. The van der Waals surface area contributed by atoms with Crippen LogP contribution in [0.1, 0.15) is 41.5 Å². The molecule has 0 radical (unpaired) electrons. The van der Waals surface area contributed by atoms with E-state index in [1.54, 1.807) is 6.20 Å². The molecule has 1 aromatic carbocycles. The summed E-state index contributed by atoms with van der Waals surface area (Å²) in [4.78, 5) is 21.1. The van der Waals surface area contributed by atoms with Crippen LogP contribution in [0.15, 0.2) is 24.4 Å². The highest BCUT2D eigenvalue weighted by Crippen LogP contribution is 2.28. The van der Waals surface area contributed by atoms with Crippen LogP contribution in [0.2, 0.25) is 0 Å². The van der Waals surface area contributed by atoms with Crippen molar-refractivity contribution < 1.29 is 13.9 Å². The van der Waals surface area contributed by atoms with Crippen LogP contribution in [0.25, 0.3) is 0 Å². The van der Waals surface area contributed by atoms with Crippen LogP contribution < -0.4 is 10.1 Å². The van der Waals surface area contributed by atoms with Crippen LogP contribution in [-0.2, 0) is 17.6 Å². The van der Waals surface area contributed by atoms with Gasteiger partial charge in [-0.3, -0.25) is 4.79 Å². The molecule has 5 nitrogen and oxygen atoms in total. The fraction of sp³-hybridized carbons (Fsp3) is 0.389. The highest BCUT2D eigenvalue weighted by Gasteiger charge is 2.23. The molecule has 0 aliphatic heterocycles. The summed E-state index contributed by atoms with van der Waals surface area (Å²) in [6.07, 6.45) is 4.59. The van der Waals surface area contributed by atoms with Gasteiger partial charge >= 0.3 is 0 Å². The number of methoxy groups -OCH3 is 1. The van der Waals surface area contributed by atoms with Crippen LogP contribution in [0.4, 0.5) is 4.39 Å². The second kappa shape index (κ2) is 6.95. The molecular formula is C18H20FN3O2. The largest absolute Gasteiger partial charge is 0.496 e. The molecule has 1 aliphatic carbocycles. The number of nitrogens with one attached hydrogen (secondary N) is 1. The molecule has 1 amide bonds. The van der Waals surface area contributed by atoms with Crippen molar-refractivity contribution >= 4 is 5.91 Å². The first-order valence-corrected chi connectivity index (χ1v) is 8.01. The van der Waals surface area contributed by atoms with Crippen molar-refractivity contribution in [2.24, 2.45) is 0 Å². The van der Waals surface area contributed by atoms with Gasteiger partial charge in [0.25, 0.3) is 0 Å². The first-order chi connectivity index (χ1) is 11.6. The smallest absolute Gasteiger partial charge is 0.225 e. The molecule has 1 unspecified atom stereocenters. The molecule has 3 rings (SSSR count). The summed E-state index contributed by atoms with van der Waals surface area (Å²) in [5, 5.41) is 3.02. The number of amides is 1. The quantitative estimate of drug-likeness (QED) is 0.937.